The van der Waals surface area contributed by atoms with E-state index in [1.807, 2.05) is 0 Å². The third-order valence-corrected chi connectivity index (χ3v) is 2.84. The van der Waals surface area contributed by atoms with Gasteiger partial charge in [0, 0.05) is 18.7 Å². The molecule has 0 aliphatic carbocycles. The van der Waals surface area contributed by atoms with Crippen molar-refractivity contribution in [2.45, 2.75) is 12.5 Å². The third-order valence-electron chi connectivity index (χ3n) is 2.84. The lowest BCUT2D eigenvalue weighted by molar-refractivity contribution is -0.384. The maximum absolute atomic E-state index is 10.6. The molecule has 0 spiro atoms. The summed E-state index contributed by atoms with van der Waals surface area (Å²) >= 11 is 0. The van der Waals surface area contributed by atoms with E-state index in [4.69, 9.17) is 9.15 Å². The van der Waals surface area contributed by atoms with E-state index < -0.39 is 4.92 Å². The van der Waals surface area contributed by atoms with Crippen molar-refractivity contribution < 1.29 is 14.1 Å². The van der Waals surface area contributed by atoms with Crippen LogP contribution >= 0.6 is 0 Å². The average Bonchev–Trinajstić information content (AvgIpc) is 2.96. The van der Waals surface area contributed by atoms with E-state index in [-0.39, 0.29) is 11.7 Å². The molecule has 7 nitrogen and oxygen atoms in total. The smallest absolute Gasteiger partial charge is 0.295 e. The van der Waals surface area contributed by atoms with Crippen LogP contribution in [-0.2, 0) is 4.74 Å². The lowest BCUT2D eigenvalue weighted by Gasteiger charge is -2.06. The van der Waals surface area contributed by atoms with Gasteiger partial charge < -0.3 is 14.5 Å². The second kappa shape index (κ2) is 4.26. The number of nitro benzene ring substituents is 1. The summed E-state index contributed by atoms with van der Waals surface area (Å²) in [5.41, 5.74) is 1.01. The number of nitrogens with one attached hydrogen (secondary N) is 1. The number of anilines is 1. The van der Waals surface area contributed by atoms with Crippen molar-refractivity contribution in [1.82, 2.24) is 4.98 Å². The van der Waals surface area contributed by atoms with Gasteiger partial charge >= 0.3 is 0 Å². The van der Waals surface area contributed by atoms with Crippen LogP contribution in [0.2, 0.25) is 0 Å². The van der Waals surface area contributed by atoms with Gasteiger partial charge in [0.1, 0.15) is 5.52 Å². The molecule has 2 aromatic rings. The van der Waals surface area contributed by atoms with Gasteiger partial charge in [-0.2, -0.15) is 4.98 Å². The van der Waals surface area contributed by atoms with Gasteiger partial charge in [-0.1, -0.05) is 0 Å². The van der Waals surface area contributed by atoms with Crippen molar-refractivity contribution in [3.05, 3.63) is 28.3 Å². The molecule has 1 aromatic carbocycles. The Labute approximate surface area is 102 Å². The Morgan fingerprint density at radius 1 is 1.50 bits per heavy atom. The van der Waals surface area contributed by atoms with Crippen LogP contribution in [0, 0.1) is 10.1 Å². The van der Waals surface area contributed by atoms with E-state index in [9.17, 15) is 10.1 Å². The van der Waals surface area contributed by atoms with Crippen LogP contribution in [0.4, 0.5) is 11.7 Å². The molecule has 1 fully saturated rings. The lowest BCUT2D eigenvalue weighted by atomic mass is 10.3. The number of aromatic nitrogens is 1. The normalized spacial score (nSPS) is 19.2. The quantitative estimate of drug-likeness (QED) is 0.660. The molecule has 0 amide bonds. The minimum absolute atomic E-state index is 0.00606. The molecule has 94 valence electrons. The molecule has 2 heterocycles. The number of benzene rings is 1. The highest BCUT2D eigenvalue weighted by atomic mass is 16.6. The lowest BCUT2D eigenvalue weighted by Crippen LogP contribution is -2.18. The number of hydrogen-bond acceptors (Lipinski definition) is 6. The van der Waals surface area contributed by atoms with Crippen LogP contribution in [0.15, 0.2) is 22.6 Å². The summed E-state index contributed by atoms with van der Waals surface area (Å²) in [6.07, 6.45) is 0.902. The standard InChI is InChI=1S/C11H11N3O4/c15-14(16)8-1-2-10-9(5-8)13-11(18-10)12-7-3-4-17-6-7/h1-2,5,7H,3-4,6H2,(H,12,13). The van der Waals surface area contributed by atoms with Crippen molar-refractivity contribution in [3.8, 4) is 0 Å². The fourth-order valence-corrected chi connectivity index (χ4v) is 1.91. The van der Waals surface area contributed by atoms with E-state index in [2.05, 4.69) is 10.3 Å². The Balaban J connectivity index is 1.87. The number of rotatable bonds is 3. The topological polar surface area (TPSA) is 90.4 Å². The van der Waals surface area contributed by atoms with Gasteiger partial charge in [0.25, 0.3) is 11.7 Å². The number of nitrogens with zero attached hydrogens (tertiary/aromatic N) is 2. The molecule has 1 aromatic heterocycles. The molecule has 18 heavy (non-hydrogen) atoms. The van der Waals surface area contributed by atoms with E-state index in [0.717, 1.165) is 13.0 Å². The summed E-state index contributed by atoms with van der Waals surface area (Å²) in [6.45, 7) is 1.35. The summed E-state index contributed by atoms with van der Waals surface area (Å²) < 4.78 is 10.7. The molecule has 7 heteroatoms. The second-order valence-corrected chi connectivity index (χ2v) is 4.13. The number of fused-ring (bicyclic) bond motifs is 1. The van der Waals surface area contributed by atoms with Crippen molar-refractivity contribution in [1.29, 1.82) is 0 Å². The van der Waals surface area contributed by atoms with E-state index in [0.29, 0.717) is 23.7 Å². The summed E-state index contributed by atoms with van der Waals surface area (Å²) in [4.78, 5) is 14.4. The van der Waals surface area contributed by atoms with Gasteiger partial charge in [0.2, 0.25) is 0 Å². The highest BCUT2D eigenvalue weighted by Crippen LogP contribution is 2.24. The molecule has 1 saturated heterocycles. The summed E-state index contributed by atoms with van der Waals surface area (Å²) in [6, 6.07) is 4.91. The van der Waals surface area contributed by atoms with Crippen molar-refractivity contribution in [2.75, 3.05) is 18.5 Å². The van der Waals surface area contributed by atoms with E-state index >= 15 is 0 Å². The maximum Gasteiger partial charge on any atom is 0.295 e. The van der Waals surface area contributed by atoms with Gasteiger partial charge in [-0.15, -0.1) is 0 Å². The van der Waals surface area contributed by atoms with E-state index in [1.165, 1.54) is 12.1 Å². The van der Waals surface area contributed by atoms with Crippen LogP contribution in [0.25, 0.3) is 11.1 Å². The zero-order valence-electron chi connectivity index (χ0n) is 9.46. The first-order valence-corrected chi connectivity index (χ1v) is 5.61. The third kappa shape index (κ3) is 2.00. The van der Waals surface area contributed by atoms with Crippen LogP contribution < -0.4 is 5.32 Å². The van der Waals surface area contributed by atoms with Crippen molar-refractivity contribution in [2.24, 2.45) is 0 Å². The second-order valence-electron chi connectivity index (χ2n) is 4.13. The number of oxazole rings is 1. The number of ether oxygens (including phenoxy) is 1. The van der Waals surface area contributed by atoms with Gasteiger partial charge in [-0.3, -0.25) is 10.1 Å². The monoisotopic (exact) mass is 249 g/mol. The predicted octanol–water partition coefficient (Wildman–Crippen LogP) is 1.94. The average molecular weight is 249 g/mol. The SMILES string of the molecule is O=[N+]([O-])c1ccc2oc(NC3CCOC3)nc2c1. The first-order chi connectivity index (χ1) is 8.72. The first kappa shape index (κ1) is 11.0. The molecular formula is C11H11N3O4. The summed E-state index contributed by atoms with van der Waals surface area (Å²) in [5, 5.41) is 13.8. The van der Waals surface area contributed by atoms with Gasteiger partial charge in [-0.25, -0.2) is 0 Å². The highest BCUT2D eigenvalue weighted by molar-refractivity contribution is 5.77. The van der Waals surface area contributed by atoms with Crippen LogP contribution in [0.1, 0.15) is 6.42 Å². The number of nitro groups is 1. The van der Waals surface area contributed by atoms with Gasteiger partial charge in [-0.05, 0) is 12.5 Å². The molecular weight excluding hydrogens is 238 g/mol. The zero-order chi connectivity index (χ0) is 12.5. The van der Waals surface area contributed by atoms with Crippen LogP contribution in [0.5, 0.6) is 0 Å². The molecule has 0 bridgehead atoms. The van der Waals surface area contributed by atoms with Crippen molar-refractivity contribution >= 4 is 22.8 Å². The number of non-ortho nitro benzene ring substituents is 1. The van der Waals surface area contributed by atoms with Gasteiger partial charge in [0.15, 0.2) is 5.58 Å². The molecule has 0 saturated carbocycles. The molecule has 0 radical (unpaired) electrons. The Hall–Kier alpha value is -2.15. The Morgan fingerprint density at radius 3 is 3.11 bits per heavy atom. The Bertz CT molecular complexity index is 589. The number of hydrogen-bond donors (Lipinski definition) is 1. The van der Waals surface area contributed by atoms with Crippen LogP contribution in [0.3, 0.4) is 0 Å². The molecule has 1 N–H and O–H groups in total. The first-order valence-electron chi connectivity index (χ1n) is 5.61. The molecule has 1 atom stereocenters. The van der Waals surface area contributed by atoms with Gasteiger partial charge in [0.05, 0.1) is 17.6 Å². The van der Waals surface area contributed by atoms with Crippen LogP contribution in [-0.4, -0.2) is 29.2 Å². The molecule has 3 rings (SSSR count). The molecule has 1 aliphatic heterocycles. The minimum Gasteiger partial charge on any atom is -0.424 e. The van der Waals surface area contributed by atoms with Crippen molar-refractivity contribution in [3.63, 3.8) is 0 Å². The molecule has 1 unspecified atom stereocenters. The van der Waals surface area contributed by atoms with E-state index in [1.54, 1.807) is 6.07 Å². The minimum atomic E-state index is -0.452. The Kier molecular flexibility index (Phi) is 2.60. The summed E-state index contributed by atoms with van der Waals surface area (Å²) in [5.74, 6) is 0. The fraction of sp³-hybridized carbons (Fsp3) is 0.364. The highest BCUT2D eigenvalue weighted by Gasteiger charge is 2.18. The Morgan fingerprint density at radius 2 is 2.39 bits per heavy atom. The zero-order valence-corrected chi connectivity index (χ0v) is 9.46. The molecule has 1 aliphatic rings. The predicted molar refractivity (Wildman–Crippen MR) is 63.5 cm³/mol. The largest absolute Gasteiger partial charge is 0.424 e. The summed E-state index contributed by atoms with van der Waals surface area (Å²) in [7, 11) is 0. The fourth-order valence-electron chi connectivity index (χ4n) is 1.91. The maximum atomic E-state index is 10.6.